The lowest BCUT2D eigenvalue weighted by Crippen LogP contribution is -2.49. The Balaban J connectivity index is 1.45. The Morgan fingerprint density at radius 2 is 0.868 bits per heavy atom. The summed E-state index contributed by atoms with van der Waals surface area (Å²) in [6.07, 6.45) is 7.56. The van der Waals surface area contributed by atoms with Crippen LogP contribution in [0.4, 0.5) is 0 Å². The molecule has 0 saturated heterocycles. The molecule has 0 spiro atoms. The second kappa shape index (κ2) is 12.7. The molecule has 1 aliphatic heterocycles. The van der Waals surface area contributed by atoms with Gasteiger partial charge in [0.05, 0.1) is 0 Å². The Morgan fingerprint density at radius 1 is 0.474 bits per heavy atom. The summed E-state index contributed by atoms with van der Waals surface area (Å²) in [6.45, 7) is 1.91. The van der Waals surface area contributed by atoms with E-state index in [0.717, 1.165) is 13.1 Å². The number of fused-ring (bicyclic) bond motifs is 3. The Morgan fingerprint density at radius 3 is 1.32 bits per heavy atom. The SMILES string of the molecule is c1ccc(P2CCP(c3ccccc3)c3ccccc3CN[C@H]3CCCC[C@@H]3NCc3ccccc32)cc1. The highest BCUT2D eigenvalue weighted by atomic mass is 31.1. The van der Waals surface area contributed by atoms with Crippen LogP contribution < -0.4 is 31.9 Å². The van der Waals surface area contributed by atoms with Crippen LogP contribution in [0.3, 0.4) is 0 Å². The van der Waals surface area contributed by atoms with Crippen molar-refractivity contribution in [1.29, 1.82) is 0 Å². The average molecular weight is 537 g/mol. The first-order valence-electron chi connectivity index (χ1n) is 14.1. The minimum Gasteiger partial charge on any atom is -0.308 e. The molecular weight excluding hydrogens is 498 g/mol. The van der Waals surface area contributed by atoms with Crippen molar-refractivity contribution in [2.24, 2.45) is 0 Å². The summed E-state index contributed by atoms with van der Waals surface area (Å²) in [6, 6.07) is 42.2. The zero-order valence-corrected chi connectivity index (χ0v) is 23.9. The van der Waals surface area contributed by atoms with Crippen LogP contribution in [0.1, 0.15) is 36.8 Å². The molecule has 0 aromatic heterocycles. The number of rotatable bonds is 2. The lowest BCUT2D eigenvalue weighted by atomic mass is 9.90. The van der Waals surface area contributed by atoms with Crippen molar-refractivity contribution in [3.63, 3.8) is 0 Å². The van der Waals surface area contributed by atoms with Gasteiger partial charge in [-0.2, -0.15) is 0 Å². The molecule has 4 heteroatoms. The van der Waals surface area contributed by atoms with Crippen LogP contribution in [0, 0.1) is 0 Å². The molecule has 0 radical (unpaired) electrons. The van der Waals surface area contributed by atoms with E-state index in [1.807, 2.05) is 0 Å². The number of nitrogens with one attached hydrogen (secondary N) is 2. The molecule has 6 rings (SSSR count). The van der Waals surface area contributed by atoms with E-state index in [9.17, 15) is 0 Å². The van der Waals surface area contributed by atoms with Crippen molar-refractivity contribution in [2.75, 3.05) is 12.3 Å². The van der Waals surface area contributed by atoms with Gasteiger partial charge >= 0.3 is 0 Å². The summed E-state index contributed by atoms with van der Waals surface area (Å²) in [5, 5.41) is 14.1. The van der Waals surface area contributed by atoms with E-state index in [1.165, 1.54) is 59.7 Å². The highest BCUT2D eigenvalue weighted by Crippen LogP contribution is 2.42. The van der Waals surface area contributed by atoms with Crippen molar-refractivity contribution >= 4 is 37.1 Å². The number of hydrogen-bond donors (Lipinski definition) is 2. The van der Waals surface area contributed by atoms with Crippen molar-refractivity contribution < 1.29 is 0 Å². The fourth-order valence-corrected chi connectivity index (χ4v) is 11.9. The quantitative estimate of drug-likeness (QED) is 0.319. The van der Waals surface area contributed by atoms with Gasteiger partial charge in [-0.3, -0.25) is 0 Å². The maximum absolute atomic E-state index is 4.01. The third-order valence-corrected chi connectivity index (χ3v) is 13.7. The van der Waals surface area contributed by atoms with E-state index in [-0.39, 0.29) is 0 Å². The molecule has 0 amide bonds. The van der Waals surface area contributed by atoms with Gasteiger partial charge in [-0.15, -0.1) is 0 Å². The van der Waals surface area contributed by atoms with E-state index >= 15 is 0 Å². The number of benzene rings is 4. The van der Waals surface area contributed by atoms with Gasteiger partial charge in [0.15, 0.2) is 0 Å². The summed E-state index contributed by atoms with van der Waals surface area (Å²) in [5.74, 6) is 0. The van der Waals surface area contributed by atoms with Crippen molar-refractivity contribution in [3.8, 4) is 0 Å². The van der Waals surface area contributed by atoms with Crippen LogP contribution in [0.2, 0.25) is 0 Å². The van der Waals surface area contributed by atoms with E-state index in [4.69, 9.17) is 0 Å². The lowest BCUT2D eigenvalue weighted by Gasteiger charge is -2.35. The van der Waals surface area contributed by atoms with Crippen LogP contribution in [0.5, 0.6) is 0 Å². The smallest absolute Gasteiger partial charge is 0.0224 e. The van der Waals surface area contributed by atoms with Crippen LogP contribution in [0.15, 0.2) is 109 Å². The molecule has 4 aromatic rings. The molecule has 2 unspecified atom stereocenters. The molecule has 1 aliphatic carbocycles. The van der Waals surface area contributed by atoms with Gasteiger partial charge in [0.25, 0.3) is 0 Å². The van der Waals surface area contributed by atoms with Crippen molar-refractivity contribution in [2.45, 2.75) is 50.9 Å². The van der Waals surface area contributed by atoms with E-state index < -0.39 is 15.8 Å². The average Bonchev–Trinajstić information content (AvgIpc) is 2.99. The first-order chi connectivity index (χ1) is 18.9. The summed E-state index contributed by atoms with van der Waals surface area (Å²) >= 11 is 0. The predicted octanol–water partition coefficient (Wildman–Crippen LogP) is 5.76. The molecular formula is C34H38N2P2. The van der Waals surface area contributed by atoms with Gasteiger partial charge in [0.1, 0.15) is 0 Å². The lowest BCUT2D eigenvalue weighted by molar-refractivity contribution is 0.281. The van der Waals surface area contributed by atoms with Crippen molar-refractivity contribution in [1.82, 2.24) is 10.6 Å². The molecule has 194 valence electrons. The fraction of sp³-hybridized carbons (Fsp3) is 0.294. The fourth-order valence-electron chi connectivity index (χ4n) is 6.14. The van der Waals surface area contributed by atoms with Gasteiger partial charge in [-0.05, 0) is 73.4 Å². The molecule has 4 aromatic carbocycles. The molecule has 1 fully saturated rings. The minimum atomic E-state index is -0.456. The Labute approximate surface area is 230 Å². The normalized spacial score (nSPS) is 24.3. The Hall–Kier alpha value is -2.34. The van der Waals surface area contributed by atoms with Gasteiger partial charge in [0.2, 0.25) is 0 Å². The van der Waals surface area contributed by atoms with Crippen molar-refractivity contribution in [3.05, 3.63) is 120 Å². The van der Waals surface area contributed by atoms with Gasteiger partial charge in [0, 0.05) is 25.2 Å². The minimum absolute atomic E-state index is 0.456. The molecule has 4 atom stereocenters. The second-order valence-electron chi connectivity index (χ2n) is 10.5. The summed E-state index contributed by atoms with van der Waals surface area (Å²) in [7, 11) is -0.912. The van der Waals surface area contributed by atoms with E-state index in [1.54, 1.807) is 10.6 Å². The zero-order valence-electron chi connectivity index (χ0n) is 22.1. The van der Waals surface area contributed by atoms with Gasteiger partial charge < -0.3 is 10.6 Å². The molecule has 1 heterocycles. The molecule has 38 heavy (non-hydrogen) atoms. The summed E-state index contributed by atoms with van der Waals surface area (Å²) < 4.78 is 0. The van der Waals surface area contributed by atoms with Crippen LogP contribution in [0.25, 0.3) is 0 Å². The van der Waals surface area contributed by atoms with Crippen LogP contribution in [-0.4, -0.2) is 24.4 Å². The third kappa shape index (κ3) is 5.95. The molecule has 2 aliphatic rings. The van der Waals surface area contributed by atoms with Gasteiger partial charge in [-0.25, -0.2) is 0 Å². The highest BCUT2D eigenvalue weighted by Gasteiger charge is 2.27. The van der Waals surface area contributed by atoms with E-state index in [2.05, 4.69) is 120 Å². The summed E-state index contributed by atoms with van der Waals surface area (Å²) in [4.78, 5) is 0. The standard InChI is InChI=1S/C34H38N2P2/c1-3-15-29(16-4-1)37-23-24-38(30-17-5-2-6-18-30)34-22-12-8-14-28(34)26-36-32-20-10-9-19-31(32)35-25-27-13-7-11-21-33(27)37/h1-8,11-18,21-22,31-32,35-36H,9-10,19-20,23-26H2/t31-,32-,37?,38?/m0/s1. The highest BCUT2D eigenvalue weighted by molar-refractivity contribution is 7.76. The monoisotopic (exact) mass is 536 g/mol. The topological polar surface area (TPSA) is 24.1 Å². The third-order valence-electron chi connectivity index (χ3n) is 8.12. The first-order valence-corrected chi connectivity index (χ1v) is 17.2. The summed E-state index contributed by atoms with van der Waals surface area (Å²) in [5.41, 5.74) is 2.96. The van der Waals surface area contributed by atoms with Crippen LogP contribution >= 0.6 is 15.8 Å². The molecule has 2 nitrogen and oxygen atoms in total. The van der Waals surface area contributed by atoms with E-state index in [0.29, 0.717) is 12.1 Å². The van der Waals surface area contributed by atoms with Crippen LogP contribution in [-0.2, 0) is 13.1 Å². The first kappa shape index (κ1) is 25.9. The maximum atomic E-state index is 4.01. The van der Waals surface area contributed by atoms with Gasteiger partial charge in [-0.1, -0.05) is 122 Å². The Kier molecular flexibility index (Phi) is 8.64. The molecule has 0 bridgehead atoms. The second-order valence-corrected chi connectivity index (χ2v) is 15.1. The number of hydrogen-bond acceptors (Lipinski definition) is 2. The molecule has 2 N–H and O–H groups in total. The predicted molar refractivity (Wildman–Crippen MR) is 168 cm³/mol. The molecule has 1 saturated carbocycles. The Bertz CT molecular complexity index is 1210. The maximum Gasteiger partial charge on any atom is 0.0224 e. The zero-order chi connectivity index (χ0) is 25.6. The largest absolute Gasteiger partial charge is 0.308 e.